The van der Waals surface area contributed by atoms with Gasteiger partial charge in [0, 0.05) is 18.5 Å². The molecule has 0 aromatic heterocycles. The molecule has 0 heterocycles. The second-order valence-electron chi connectivity index (χ2n) is 3.92. The summed E-state index contributed by atoms with van der Waals surface area (Å²) in [6, 6.07) is 3.65. The molecule has 1 amide bonds. The van der Waals surface area contributed by atoms with E-state index in [0.717, 1.165) is 21.9 Å². The average molecular weight is 257 g/mol. The number of aryl methyl sites for hydroxylation is 2. The van der Waals surface area contributed by atoms with Crippen molar-refractivity contribution in [3.63, 3.8) is 0 Å². The minimum atomic E-state index is -0.121. The molecule has 0 radical (unpaired) electrons. The predicted molar refractivity (Wildman–Crippen MR) is 68.0 cm³/mol. The van der Waals surface area contributed by atoms with Gasteiger partial charge in [0.05, 0.1) is 7.11 Å². The first-order chi connectivity index (χ1) is 7.95. The zero-order valence-corrected chi connectivity index (χ0v) is 11.0. The molecule has 0 atom stereocenters. The highest BCUT2D eigenvalue weighted by Gasteiger charge is 2.11. The highest BCUT2D eigenvalue weighted by Crippen LogP contribution is 2.28. The summed E-state index contributed by atoms with van der Waals surface area (Å²) in [4.78, 5) is 11.4. The molecule has 1 rings (SSSR count). The third kappa shape index (κ3) is 3.61. The number of hydrogen-bond donors (Lipinski definition) is 1. The van der Waals surface area contributed by atoms with Crippen LogP contribution in [-0.4, -0.2) is 25.1 Å². The number of benzene rings is 1. The Hall–Kier alpha value is -1.26. The van der Waals surface area contributed by atoms with Crippen molar-refractivity contribution in [2.45, 2.75) is 19.8 Å². The molecule has 17 heavy (non-hydrogen) atoms. The summed E-state index contributed by atoms with van der Waals surface area (Å²) < 4.78 is 5.31. The van der Waals surface area contributed by atoms with E-state index in [-0.39, 0.29) is 5.91 Å². The molecule has 4 nitrogen and oxygen atoms in total. The summed E-state index contributed by atoms with van der Waals surface area (Å²) in [5, 5.41) is 1.73. The number of halogens is 1. The van der Waals surface area contributed by atoms with E-state index >= 15 is 0 Å². The van der Waals surface area contributed by atoms with Gasteiger partial charge in [-0.05, 0) is 36.6 Å². The van der Waals surface area contributed by atoms with Gasteiger partial charge in [0.15, 0.2) is 0 Å². The fourth-order valence-corrected chi connectivity index (χ4v) is 1.99. The molecule has 0 saturated carbocycles. The van der Waals surface area contributed by atoms with Gasteiger partial charge >= 0.3 is 0 Å². The van der Waals surface area contributed by atoms with E-state index in [1.54, 1.807) is 7.11 Å². The first kappa shape index (κ1) is 13.8. The fourth-order valence-electron chi connectivity index (χ4n) is 1.70. The van der Waals surface area contributed by atoms with Crippen molar-refractivity contribution < 1.29 is 9.53 Å². The largest absolute Gasteiger partial charge is 0.496 e. The minimum Gasteiger partial charge on any atom is -0.496 e. The first-order valence-corrected chi connectivity index (χ1v) is 5.67. The molecule has 0 saturated heterocycles. The molecule has 0 unspecified atom stereocenters. The molecule has 0 fully saturated rings. The van der Waals surface area contributed by atoms with E-state index in [4.69, 9.17) is 22.2 Å². The van der Waals surface area contributed by atoms with E-state index in [2.05, 4.69) is 0 Å². The monoisotopic (exact) mass is 256 g/mol. The molecule has 94 valence electrons. The molecular formula is C12H17ClN2O2. The lowest BCUT2D eigenvalue weighted by Crippen LogP contribution is -2.33. The Morgan fingerprint density at radius 2 is 2.18 bits per heavy atom. The van der Waals surface area contributed by atoms with E-state index in [9.17, 15) is 4.79 Å². The summed E-state index contributed by atoms with van der Waals surface area (Å²) in [7, 11) is 3.14. The molecule has 0 bridgehead atoms. The van der Waals surface area contributed by atoms with Gasteiger partial charge in [0.2, 0.25) is 5.91 Å². The quantitative estimate of drug-likeness (QED) is 0.509. The van der Waals surface area contributed by atoms with Crippen molar-refractivity contribution in [2.24, 2.45) is 5.84 Å². The lowest BCUT2D eigenvalue weighted by Gasteiger charge is -2.13. The lowest BCUT2D eigenvalue weighted by molar-refractivity contribution is -0.130. The maximum Gasteiger partial charge on any atom is 0.236 e. The zero-order chi connectivity index (χ0) is 13.0. The smallest absolute Gasteiger partial charge is 0.236 e. The van der Waals surface area contributed by atoms with Crippen LogP contribution in [0.15, 0.2) is 12.1 Å². The van der Waals surface area contributed by atoms with Crippen LogP contribution in [0.5, 0.6) is 5.75 Å². The van der Waals surface area contributed by atoms with Gasteiger partial charge in [-0.1, -0.05) is 11.6 Å². The number of hydrogen-bond acceptors (Lipinski definition) is 3. The summed E-state index contributed by atoms with van der Waals surface area (Å²) in [5.74, 6) is 6.02. The Labute approximate surface area is 106 Å². The van der Waals surface area contributed by atoms with Crippen molar-refractivity contribution in [3.05, 3.63) is 28.3 Å². The third-order valence-electron chi connectivity index (χ3n) is 2.52. The Bertz CT molecular complexity index is 419. The number of carbonyl (C=O) groups is 1. The molecule has 5 heteroatoms. The van der Waals surface area contributed by atoms with Crippen LogP contribution in [-0.2, 0) is 11.2 Å². The second kappa shape index (κ2) is 5.89. The molecule has 0 spiro atoms. The number of amides is 1. The number of carbonyl (C=O) groups excluding carboxylic acids is 1. The van der Waals surface area contributed by atoms with Gasteiger partial charge in [0.1, 0.15) is 5.75 Å². The Morgan fingerprint density at radius 1 is 1.53 bits per heavy atom. The molecule has 0 aliphatic heterocycles. The predicted octanol–water partition coefficient (Wildman–Crippen LogP) is 1.92. The van der Waals surface area contributed by atoms with Crippen molar-refractivity contribution >= 4 is 17.5 Å². The highest BCUT2D eigenvalue weighted by molar-refractivity contribution is 6.30. The standard InChI is InChI=1S/C12H17ClN2O2/c1-8-6-10(13)7-9(12(8)17-3)4-5-11(16)15(2)14/h6-7H,4-5,14H2,1-3H3. The summed E-state index contributed by atoms with van der Waals surface area (Å²) in [6.45, 7) is 1.92. The van der Waals surface area contributed by atoms with Gasteiger partial charge < -0.3 is 4.74 Å². The van der Waals surface area contributed by atoms with Gasteiger partial charge in [-0.15, -0.1) is 0 Å². The first-order valence-electron chi connectivity index (χ1n) is 5.30. The Kier molecular flexibility index (Phi) is 4.78. The van der Waals surface area contributed by atoms with E-state index < -0.39 is 0 Å². The number of hydrazine groups is 1. The summed E-state index contributed by atoms with van der Waals surface area (Å²) in [6.07, 6.45) is 0.897. The Morgan fingerprint density at radius 3 is 2.71 bits per heavy atom. The van der Waals surface area contributed by atoms with Gasteiger partial charge in [0.25, 0.3) is 0 Å². The lowest BCUT2D eigenvalue weighted by atomic mass is 10.0. The van der Waals surface area contributed by atoms with Crippen LogP contribution < -0.4 is 10.6 Å². The van der Waals surface area contributed by atoms with Crippen molar-refractivity contribution in [1.29, 1.82) is 0 Å². The maximum atomic E-state index is 11.4. The summed E-state index contributed by atoms with van der Waals surface area (Å²) >= 11 is 5.98. The van der Waals surface area contributed by atoms with Crippen molar-refractivity contribution in [2.75, 3.05) is 14.2 Å². The molecule has 1 aromatic carbocycles. The Balaban J connectivity index is 2.86. The maximum absolute atomic E-state index is 11.4. The number of nitrogens with zero attached hydrogens (tertiary/aromatic N) is 1. The van der Waals surface area contributed by atoms with Crippen LogP contribution in [0.1, 0.15) is 17.5 Å². The van der Waals surface area contributed by atoms with E-state index in [1.165, 1.54) is 7.05 Å². The van der Waals surface area contributed by atoms with Crippen molar-refractivity contribution in [3.8, 4) is 5.75 Å². The number of nitrogens with two attached hydrogens (primary N) is 1. The number of ether oxygens (including phenoxy) is 1. The van der Waals surface area contributed by atoms with Gasteiger partial charge in [-0.25, -0.2) is 5.84 Å². The van der Waals surface area contributed by atoms with Crippen LogP contribution in [0, 0.1) is 6.92 Å². The number of rotatable bonds is 4. The topological polar surface area (TPSA) is 55.6 Å². The minimum absolute atomic E-state index is 0.121. The van der Waals surface area contributed by atoms with Crippen LogP contribution in [0.4, 0.5) is 0 Å². The molecule has 1 aromatic rings. The molecule has 0 aliphatic carbocycles. The average Bonchev–Trinajstić information content (AvgIpc) is 2.24. The SMILES string of the molecule is COc1c(C)cc(Cl)cc1CCC(=O)N(C)N. The second-order valence-corrected chi connectivity index (χ2v) is 4.36. The normalized spacial score (nSPS) is 10.2. The van der Waals surface area contributed by atoms with Crippen molar-refractivity contribution in [1.82, 2.24) is 5.01 Å². The molecular weight excluding hydrogens is 240 g/mol. The third-order valence-corrected chi connectivity index (χ3v) is 2.74. The molecule has 2 N–H and O–H groups in total. The fraction of sp³-hybridized carbons (Fsp3) is 0.417. The van der Waals surface area contributed by atoms with Crippen LogP contribution >= 0.6 is 11.6 Å². The van der Waals surface area contributed by atoms with Gasteiger partial charge in [-0.2, -0.15) is 0 Å². The molecule has 0 aliphatic rings. The van der Waals surface area contributed by atoms with Crippen LogP contribution in [0.2, 0.25) is 5.02 Å². The van der Waals surface area contributed by atoms with Crippen LogP contribution in [0.25, 0.3) is 0 Å². The zero-order valence-electron chi connectivity index (χ0n) is 10.3. The number of methoxy groups -OCH3 is 1. The van der Waals surface area contributed by atoms with Gasteiger partial charge in [-0.3, -0.25) is 9.80 Å². The highest BCUT2D eigenvalue weighted by atomic mass is 35.5. The van der Waals surface area contributed by atoms with E-state index in [0.29, 0.717) is 17.9 Å². The summed E-state index contributed by atoms with van der Waals surface area (Å²) in [5.41, 5.74) is 1.89. The van der Waals surface area contributed by atoms with Crippen LogP contribution in [0.3, 0.4) is 0 Å². The van der Waals surface area contributed by atoms with E-state index in [1.807, 2.05) is 19.1 Å².